The quantitative estimate of drug-likeness (QED) is 0.132. The van der Waals surface area contributed by atoms with Gasteiger partial charge < -0.3 is 4.74 Å². The van der Waals surface area contributed by atoms with Gasteiger partial charge in [0.1, 0.15) is 12.4 Å². The molecular weight excluding hydrogens is 571 g/mol. The number of aromatic nitrogens is 2. The molecule has 0 bridgehead atoms. The van der Waals surface area contributed by atoms with Gasteiger partial charge in [-0.3, -0.25) is 14.9 Å². The molecule has 0 atom stereocenters. The first-order valence-electron chi connectivity index (χ1n) is 10.8. The van der Waals surface area contributed by atoms with Crippen molar-refractivity contribution in [3.63, 3.8) is 0 Å². The zero-order chi connectivity index (χ0) is 26.0. The summed E-state index contributed by atoms with van der Waals surface area (Å²) in [6.07, 6.45) is 1.31. The Morgan fingerprint density at radius 3 is 2.53 bits per heavy atom. The van der Waals surface area contributed by atoms with Gasteiger partial charge in [-0.1, -0.05) is 65.1 Å². The first kappa shape index (κ1) is 25.8. The maximum Gasteiger partial charge on any atom is 0.313 e. The van der Waals surface area contributed by atoms with E-state index in [4.69, 9.17) is 27.9 Å². The highest BCUT2D eigenvalue weighted by atomic mass is 79.9. The Morgan fingerprint density at radius 1 is 1.14 bits per heavy atom. The molecule has 0 aliphatic carbocycles. The highest BCUT2D eigenvalue weighted by Crippen LogP contribution is 2.34. The fourth-order valence-corrected chi connectivity index (χ4v) is 4.20. The molecule has 0 N–H and O–H groups in total. The highest BCUT2D eigenvalue weighted by molar-refractivity contribution is 9.10. The van der Waals surface area contributed by atoms with Crippen LogP contribution in [0.15, 0.2) is 69.0 Å². The normalized spacial score (nSPS) is 11.5. The number of nitro benzene ring substituents is 1. The number of nitro groups is 1. The summed E-state index contributed by atoms with van der Waals surface area (Å²) in [5.41, 5.74) is 0.841. The van der Waals surface area contributed by atoms with E-state index in [1.54, 1.807) is 36.4 Å². The van der Waals surface area contributed by atoms with Crippen LogP contribution < -0.4 is 10.3 Å². The molecule has 3 aromatic carbocycles. The molecule has 0 radical (unpaired) electrons. The molecule has 11 heteroatoms. The van der Waals surface area contributed by atoms with Crippen molar-refractivity contribution in [2.45, 2.75) is 26.4 Å². The van der Waals surface area contributed by atoms with Gasteiger partial charge in [-0.25, -0.2) is 4.98 Å². The average Bonchev–Trinajstić information content (AvgIpc) is 2.83. The van der Waals surface area contributed by atoms with Crippen LogP contribution in [0.2, 0.25) is 10.0 Å². The summed E-state index contributed by atoms with van der Waals surface area (Å²) in [7, 11) is 0. The van der Waals surface area contributed by atoms with E-state index in [-0.39, 0.29) is 40.1 Å². The van der Waals surface area contributed by atoms with Crippen LogP contribution in [0.4, 0.5) is 5.69 Å². The van der Waals surface area contributed by atoms with Gasteiger partial charge in [0.2, 0.25) is 5.75 Å². The third-order valence-electron chi connectivity index (χ3n) is 5.22. The molecule has 36 heavy (non-hydrogen) atoms. The van der Waals surface area contributed by atoms with Crippen LogP contribution in [-0.4, -0.2) is 20.8 Å². The van der Waals surface area contributed by atoms with Gasteiger partial charge in [-0.2, -0.15) is 9.78 Å². The Kier molecular flexibility index (Phi) is 7.73. The van der Waals surface area contributed by atoms with Crippen LogP contribution in [-0.2, 0) is 6.61 Å². The average molecular weight is 590 g/mol. The number of hydrogen-bond acceptors (Lipinski definition) is 6. The number of hydrogen-bond donors (Lipinski definition) is 0. The molecule has 0 amide bonds. The van der Waals surface area contributed by atoms with Gasteiger partial charge in [0.05, 0.1) is 22.0 Å². The first-order valence-corrected chi connectivity index (χ1v) is 12.3. The SMILES string of the molecule is CC(C)c1nc2ccc(Br)cc2c(=O)n1N=Cc1cc(Cl)cc([N+](=O)[O-])c1OCc1ccc(Cl)cc1. The van der Waals surface area contributed by atoms with Crippen LogP contribution >= 0.6 is 39.1 Å². The largest absolute Gasteiger partial charge is 0.481 e. The topological polar surface area (TPSA) is 99.6 Å². The Morgan fingerprint density at radius 2 is 1.86 bits per heavy atom. The molecule has 4 aromatic rings. The van der Waals surface area contributed by atoms with Gasteiger partial charge in [0.25, 0.3) is 5.56 Å². The lowest BCUT2D eigenvalue weighted by atomic mass is 10.1. The van der Waals surface area contributed by atoms with Crippen molar-refractivity contribution in [2.24, 2.45) is 5.10 Å². The van der Waals surface area contributed by atoms with E-state index in [1.807, 2.05) is 19.9 Å². The molecule has 0 unspecified atom stereocenters. The Labute approximate surface area is 224 Å². The lowest BCUT2D eigenvalue weighted by Gasteiger charge is -2.13. The minimum atomic E-state index is -0.582. The second kappa shape index (κ2) is 10.8. The minimum absolute atomic E-state index is 0.0289. The lowest BCUT2D eigenvalue weighted by Crippen LogP contribution is -2.23. The summed E-state index contributed by atoms with van der Waals surface area (Å²) >= 11 is 15.5. The monoisotopic (exact) mass is 588 g/mol. The summed E-state index contributed by atoms with van der Waals surface area (Å²) in [6.45, 7) is 3.83. The maximum atomic E-state index is 13.3. The smallest absolute Gasteiger partial charge is 0.313 e. The summed E-state index contributed by atoms with van der Waals surface area (Å²) in [4.78, 5) is 29.1. The van der Waals surface area contributed by atoms with Crippen molar-refractivity contribution in [1.82, 2.24) is 9.66 Å². The van der Waals surface area contributed by atoms with E-state index < -0.39 is 4.92 Å². The predicted octanol–water partition coefficient (Wildman–Crippen LogP) is 6.96. The summed E-state index contributed by atoms with van der Waals surface area (Å²) in [6, 6.07) is 14.8. The minimum Gasteiger partial charge on any atom is -0.481 e. The maximum absolute atomic E-state index is 13.3. The van der Waals surface area contributed by atoms with Crippen LogP contribution in [0.1, 0.15) is 36.7 Å². The van der Waals surface area contributed by atoms with Crippen LogP contribution in [0.5, 0.6) is 5.75 Å². The number of rotatable bonds is 7. The van der Waals surface area contributed by atoms with Crippen molar-refractivity contribution >= 4 is 61.9 Å². The number of fused-ring (bicyclic) bond motifs is 1. The fraction of sp³-hybridized carbons (Fsp3) is 0.160. The van der Waals surface area contributed by atoms with Crippen LogP contribution in [0.25, 0.3) is 10.9 Å². The van der Waals surface area contributed by atoms with Gasteiger partial charge in [-0.15, -0.1) is 0 Å². The van der Waals surface area contributed by atoms with Crippen molar-refractivity contribution in [2.75, 3.05) is 0 Å². The van der Waals surface area contributed by atoms with Crippen molar-refractivity contribution in [1.29, 1.82) is 0 Å². The zero-order valence-corrected chi connectivity index (χ0v) is 22.2. The van der Waals surface area contributed by atoms with Gasteiger partial charge in [0, 0.05) is 32.1 Å². The molecule has 1 aromatic heterocycles. The van der Waals surface area contributed by atoms with Gasteiger partial charge in [-0.05, 0) is 42.0 Å². The van der Waals surface area contributed by atoms with Crippen molar-refractivity contribution in [3.05, 3.63) is 107 Å². The molecular formula is C25H19BrCl2N4O4. The standard InChI is InChI=1S/C25H19BrCl2N4O4/c1-14(2)24-30-21-8-5-17(26)10-20(21)25(33)31(24)29-12-16-9-19(28)11-22(32(34)35)23(16)36-13-15-3-6-18(27)7-4-15/h3-12,14H,13H2,1-2H3. The fourth-order valence-electron chi connectivity index (χ4n) is 3.50. The van der Waals surface area contributed by atoms with Crippen molar-refractivity contribution < 1.29 is 9.66 Å². The number of ether oxygens (including phenoxy) is 1. The molecule has 0 fully saturated rings. The lowest BCUT2D eigenvalue weighted by molar-refractivity contribution is -0.385. The van der Waals surface area contributed by atoms with E-state index >= 15 is 0 Å². The number of nitrogens with zero attached hydrogens (tertiary/aromatic N) is 4. The molecule has 0 aliphatic heterocycles. The van der Waals surface area contributed by atoms with Crippen LogP contribution in [0.3, 0.4) is 0 Å². The van der Waals surface area contributed by atoms with Gasteiger partial charge in [0.15, 0.2) is 0 Å². The molecule has 0 saturated heterocycles. The Bertz CT molecular complexity index is 1550. The number of benzene rings is 3. The predicted molar refractivity (Wildman–Crippen MR) is 145 cm³/mol. The molecule has 0 aliphatic rings. The van der Waals surface area contributed by atoms with E-state index in [1.165, 1.54) is 23.0 Å². The molecule has 0 saturated carbocycles. The Balaban J connectivity index is 1.82. The first-order chi connectivity index (χ1) is 17.1. The summed E-state index contributed by atoms with van der Waals surface area (Å²) in [5, 5.41) is 17.2. The van der Waals surface area contributed by atoms with E-state index in [0.717, 1.165) is 10.0 Å². The van der Waals surface area contributed by atoms with E-state index in [9.17, 15) is 14.9 Å². The van der Waals surface area contributed by atoms with E-state index in [0.29, 0.717) is 21.7 Å². The van der Waals surface area contributed by atoms with E-state index in [2.05, 4.69) is 26.0 Å². The molecule has 0 spiro atoms. The van der Waals surface area contributed by atoms with Gasteiger partial charge >= 0.3 is 5.69 Å². The summed E-state index contributed by atoms with van der Waals surface area (Å²) < 4.78 is 7.77. The summed E-state index contributed by atoms with van der Waals surface area (Å²) in [5.74, 6) is 0.280. The van der Waals surface area contributed by atoms with Crippen molar-refractivity contribution in [3.8, 4) is 5.75 Å². The third-order valence-corrected chi connectivity index (χ3v) is 6.18. The Hall–Kier alpha value is -3.27. The molecule has 1 heterocycles. The third kappa shape index (κ3) is 5.59. The molecule has 184 valence electrons. The van der Waals surface area contributed by atoms with Crippen LogP contribution in [0, 0.1) is 10.1 Å². The zero-order valence-electron chi connectivity index (χ0n) is 19.1. The second-order valence-electron chi connectivity index (χ2n) is 8.16. The number of halogens is 3. The highest BCUT2D eigenvalue weighted by Gasteiger charge is 2.21. The molecule has 4 rings (SSSR count). The second-order valence-corrected chi connectivity index (χ2v) is 9.95. The molecule has 8 nitrogen and oxygen atoms in total.